The summed E-state index contributed by atoms with van der Waals surface area (Å²) in [6.45, 7) is 5.87. The number of ether oxygens (including phenoxy) is 1. The Hall–Kier alpha value is -2.41. The molecule has 1 aromatic carbocycles. The summed E-state index contributed by atoms with van der Waals surface area (Å²) in [6.07, 6.45) is 2.35. The molecule has 1 unspecified atom stereocenters. The summed E-state index contributed by atoms with van der Waals surface area (Å²) in [5, 5.41) is 5.74. The lowest BCUT2D eigenvalue weighted by atomic mass is 9.96. The lowest BCUT2D eigenvalue weighted by Gasteiger charge is -2.32. The van der Waals surface area contributed by atoms with Crippen LogP contribution in [0.4, 0.5) is 5.69 Å². The van der Waals surface area contributed by atoms with Crippen molar-refractivity contribution >= 4 is 23.4 Å². The lowest BCUT2D eigenvalue weighted by molar-refractivity contribution is -0.126. The van der Waals surface area contributed by atoms with E-state index < -0.39 is 0 Å². The standard InChI is InChI=1S/C21H31N3O4/c1-15(2)19(25)23-18-9-4-7-16(13-18)21(27)24-11-5-8-17(14-24)20(26)22-10-6-12-28-3/h4,7,9,13,15,17H,5-6,8,10-12,14H2,1-3H3,(H,22,26)(H,23,25). The van der Waals surface area contributed by atoms with Gasteiger partial charge in [0.05, 0.1) is 5.92 Å². The van der Waals surface area contributed by atoms with E-state index in [9.17, 15) is 14.4 Å². The highest BCUT2D eigenvalue weighted by atomic mass is 16.5. The first kappa shape index (κ1) is 21.9. The van der Waals surface area contributed by atoms with Crippen molar-refractivity contribution in [2.75, 3.05) is 38.7 Å². The number of benzene rings is 1. The van der Waals surface area contributed by atoms with Gasteiger partial charge in [0.15, 0.2) is 0 Å². The van der Waals surface area contributed by atoms with Gasteiger partial charge in [-0.15, -0.1) is 0 Å². The number of nitrogens with one attached hydrogen (secondary N) is 2. The predicted molar refractivity (Wildman–Crippen MR) is 108 cm³/mol. The van der Waals surface area contributed by atoms with Crippen molar-refractivity contribution in [2.24, 2.45) is 11.8 Å². The fraction of sp³-hybridized carbons (Fsp3) is 0.571. The normalized spacial score (nSPS) is 16.7. The minimum absolute atomic E-state index is 0.00782. The van der Waals surface area contributed by atoms with Gasteiger partial charge >= 0.3 is 0 Å². The summed E-state index contributed by atoms with van der Waals surface area (Å²) >= 11 is 0. The number of anilines is 1. The maximum atomic E-state index is 12.9. The summed E-state index contributed by atoms with van der Waals surface area (Å²) in [4.78, 5) is 38.9. The Morgan fingerprint density at radius 1 is 1.29 bits per heavy atom. The average molecular weight is 389 g/mol. The van der Waals surface area contributed by atoms with Crippen LogP contribution in [0.3, 0.4) is 0 Å². The number of carbonyl (C=O) groups is 3. The minimum Gasteiger partial charge on any atom is -0.385 e. The Morgan fingerprint density at radius 3 is 2.79 bits per heavy atom. The van der Waals surface area contributed by atoms with Crippen molar-refractivity contribution < 1.29 is 19.1 Å². The van der Waals surface area contributed by atoms with E-state index in [1.54, 1.807) is 36.3 Å². The summed E-state index contributed by atoms with van der Waals surface area (Å²) in [5.41, 5.74) is 1.12. The highest BCUT2D eigenvalue weighted by molar-refractivity contribution is 5.97. The molecule has 1 aliphatic rings. The number of nitrogens with zero attached hydrogens (tertiary/aromatic N) is 1. The van der Waals surface area contributed by atoms with Crippen LogP contribution in [0.15, 0.2) is 24.3 Å². The Morgan fingerprint density at radius 2 is 2.07 bits per heavy atom. The summed E-state index contributed by atoms with van der Waals surface area (Å²) in [6, 6.07) is 6.95. The fourth-order valence-electron chi connectivity index (χ4n) is 3.15. The van der Waals surface area contributed by atoms with Crippen LogP contribution in [0.2, 0.25) is 0 Å². The largest absolute Gasteiger partial charge is 0.385 e. The van der Waals surface area contributed by atoms with Crippen LogP contribution >= 0.6 is 0 Å². The lowest BCUT2D eigenvalue weighted by Crippen LogP contribution is -2.45. The van der Waals surface area contributed by atoms with Gasteiger partial charge in [-0.1, -0.05) is 19.9 Å². The number of hydrogen-bond acceptors (Lipinski definition) is 4. The monoisotopic (exact) mass is 389 g/mol. The number of amides is 3. The minimum atomic E-state index is -0.191. The van der Waals surface area contributed by atoms with Crippen LogP contribution in [0, 0.1) is 11.8 Å². The zero-order valence-electron chi connectivity index (χ0n) is 17.0. The zero-order valence-corrected chi connectivity index (χ0v) is 17.0. The second-order valence-electron chi connectivity index (χ2n) is 7.45. The number of likely N-dealkylation sites (tertiary alicyclic amines) is 1. The van der Waals surface area contributed by atoms with E-state index in [4.69, 9.17) is 4.74 Å². The summed E-state index contributed by atoms with van der Waals surface area (Å²) < 4.78 is 4.98. The molecule has 7 heteroatoms. The molecular weight excluding hydrogens is 358 g/mol. The molecular formula is C21H31N3O4. The Kier molecular flexibility index (Phi) is 8.44. The molecule has 1 fully saturated rings. The first-order chi connectivity index (χ1) is 13.4. The van der Waals surface area contributed by atoms with E-state index in [2.05, 4.69) is 10.6 Å². The molecule has 1 aromatic rings. The van der Waals surface area contributed by atoms with Crippen molar-refractivity contribution in [1.29, 1.82) is 0 Å². The second kappa shape index (κ2) is 10.8. The molecule has 0 bridgehead atoms. The van der Waals surface area contributed by atoms with E-state index in [1.165, 1.54) is 0 Å². The van der Waals surface area contributed by atoms with Crippen molar-refractivity contribution in [3.63, 3.8) is 0 Å². The highest BCUT2D eigenvalue weighted by Crippen LogP contribution is 2.20. The van der Waals surface area contributed by atoms with Crippen LogP contribution in [0.1, 0.15) is 43.5 Å². The maximum Gasteiger partial charge on any atom is 0.253 e. The third-order valence-corrected chi connectivity index (χ3v) is 4.81. The van der Waals surface area contributed by atoms with E-state index >= 15 is 0 Å². The second-order valence-corrected chi connectivity index (χ2v) is 7.45. The van der Waals surface area contributed by atoms with Crippen molar-refractivity contribution in [3.05, 3.63) is 29.8 Å². The van der Waals surface area contributed by atoms with E-state index in [1.807, 2.05) is 13.8 Å². The molecule has 0 saturated carbocycles. The Balaban J connectivity index is 1.96. The summed E-state index contributed by atoms with van der Waals surface area (Å²) in [7, 11) is 1.63. The van der Waals surface area contributed by atoms with E-state index in [0.717, 1.165) is 19.3 Å². The molecule has 7 nitrogen and oxygen atoms in total. The van der Waals surface area contributed by atoms with Gasteiger partial charge in [0.2, 0.25) is 11.8 Å². The van der Waals surface area contributed by atoms with Crippen LogP contribution in [0.5, 0.6) is 0 Å². The van der Waals surface area contributed by atoms with Gasteiger partial charge in [-0.3, -0.25) is 14.4 Å². The van der Waals surface area contributed by atoms with Crippen LogP contribution in [-0.4, -0.2) is 56.0 Å². The smallest absolute Gasteiger partial charge is 0.253 e. The molecule has 154 valence electrons. The molecule has 3 amide bonds. The predicted octanol–water partition coefficient (Wildman–Crippen LogP) is 2.29. The van der Waals surface area contributed by atoms with Gasteiger partial charge in [-0.25, -0.2) is 0 Å². The van der Waals surface area contributed by atoms with Crippen molar-refractivity contribution in [2.45, 2.75) is 33.1 Å². The number of piperidine rings is 1. The van der Waals surface area contributed by atoms with E-state index in [0.29, 0.717) is 37.5 Å². The molecule has 0 radical (unpaired) electrons. The highest BCUT2D eigenvalue weighted by Gasteiger charge is 2.28. The number of carbonyl (C=O) groups excluding carboxylic acids is 3. The Bertz CT molecular complexity index is 690. The van der Waals surface area contributed by atoms with Gasteiger partial charge in [-0.2, -0.15) is 0 Å². The number of methoxy groups -OCH3 is 1. The SMILES string of the molecule is COCCCNC(=O)C1CCCN(C(=O)c2cccc(NC(=O)C(C)C)c2)C1. The van der Waals surface area contributed by atoms with Gasteiger partial charge in [-0.05, 0) is 37.5 Å². The fourth-order valence-corrected chi connectivity index (χ4v) is 3.15. The third kappa shape index (κ3) is 6.34. The first-order valence-electron chi connectivity index (χ1n) is 9.89. The third-order valence-electron chi connectivity index (χ3n) is 4.81. The van der Waals surface area contributed by atoms with Crippen molar-refractivity contribution in [3.8, 4) is 0 Å². The quantitative estimate of drug-likeness (QED) is 0.668. The van der Waals surface area contributed by atoms with Crippen molar-refractivity contribution in [1.82, 2.24) is 10.2 Å². The average Bonchev–Trinajstić information content (AvgIpc) is 2.70. The molecule has 28 heavy (non-hydrogen) atoms. The van der Waals surface area contributed by atoms with Crippen LogP contribution in [0.25, 0.3) is 0 Å². The molecule has 1 heterocycles. The van der Waals surface area contributed by atoms with Gasteiger partial charge in [0.25, 0.3) is 5.91 Å². The van der Waals surface area contributed by atoms with Crippen LogP contribution in [-0.2, 0) is 14.3 Å². The van der Waals surface area contributed by atoms with Gasteiger partial charge < -0.3 is 20.3 Å². The van der Waals surface area contributed by atoms with E-state index in [-0.39, 0.29) is 29.6 Å². The first-order valence-corrected chi connectivity index (χ1v) is 9.89. The van der Waals surface area contributed by atoms with Crippen LogP contribution < -0.4 is 10.6 Å². The topological polar surface area (TPSA) is 87.7 Å². The zero-order chi connectivity index (χ0) is 20.5. The summed E-state index contributed by atoms with van der Waals surface area (Å²) in [5.74, 6) is -0.537. The molecule has 0 aliphatic carbocycles. The Labute approximate surface area is 166 Å². The molecule has 2 rings (SSSR count). The molecule has 2 N–H and O–H groups in total. The molecule has 1 atom stereocenters. The molecule has 0 aromatic heterocycles. The number of hydrogen-bond donors (Lipinski definition) is 2. The maximum absolute atomic E-state index is 12.9. The molecule has 0 spiro atoms. The molecule has 1 saturated heterocycles. The molecule has 1 aliphatic heterocycles. The van der Waals surface area contributed by atoms with Gasteiger partial charge in [0.1, 0.15) is 0 Å². The van der Waals surface area contributed by atoms with Gasteiger partial charge in [0, 0.05) is 50.5 Å². The number of rotatable bonds is 8.